The van der Waals surface area contributed by atoms with Crippen molar-refractivity contribution in [1.82, 2.24) is 25.4 Å². The fourth-order valence-electron chi connectivity index (χ4n) is 2.63. The summed E-state index contributed by atoms with van der Waals surface area (Å²) in [5, 5.41) is 12.2. The molecule has 0 bridgehead atoms. The molecule has 0 aliphatic rings. The third kappa shape index (κ3) is 4.05. The summed E-state index contributed by atoms with van der Waals surface area (Å²) >= 11 is 3.02. The van der Waals surface area contributed by atoms with Crippen molar-refractivity contribution >= 4 is 56.0 Å². The first-order valence-corrected chi connectivity index (χ1v) is 10.4. The highest BCUT2D eigenvalue weighted by molar-refractivity contribution is 8.02. The van der Waals surface area contributed by atoms with E-state index in [1.807, 2.05) is 62.4 Å². The van der Waals surface area contributed by atoms with Gasteiger partial charge in [0.2, 0.25) is 0 Å². The van der Waals surface area contributed by atoms with Gasteiger partial charge in [0.15, 0.2) is 4.34 Å². The van der Waals surface area contributed by atoms with E-state index >= 15 is 0 Å². The van der Waals surface area contributed by atoms with Crippen LogP contribution in [0.4, 0.5) is 0 Å². The molecule has 4 aromatic rings. The van der Waals surface area contributed by atoms with Crippen LogP contribution in [0.2, 0.25) is 0 Å². The van der Waals surface area contributed by atoms with E-state index in [9.17, 15) is 4.79 Å². The number of aromatic nitrogens is 4. The minimum Gasteiger partial charge on any atom is -0.272 e. The number of carbonyl (C=O) groups is 1. The maximum Gasteiger partial charge on any atom is 0.253 e. The predicted octanol–water partition coefficient (Wildman–Crippen LogP) is 3.71. The molecule has 4 rings (SSSR count). The van der Waals surface area contributed by atoms with Crippen LogP contribution in [-0.4, -0.2) is 36.8 Å². The average Bonchev–Trinajstić information content (AvgIpc) is 3.29. The number of hydrogen-bond acceptors (Lipinski definition) is 7. The fourth-order valence-corrected chi connectivity index (χ4v) is 4.84. The van der Waals surface area contributed by atoms with Crippen molar-refractivity contribution in [2.24, 2.45) is 5.10 Å². The molecule has 2 aromatic heterocycles. The monoisotopic (exact) mass is 410 g/mol. The molecule has 1 amide bonds. The van der Waals surface area contributed by atoms with Gasteiger partial charge >= 0.3 is 0 Å². The van der Waals surface area contributed by atoms with Crippen molar-refractivity contribution < 1.29 is 4.79 Å². The van der Waals surface area contributed by atoms with Gasteiger partial charge in [-0.05, 0) is 38.1 Å². The van der Waals surface area contributed by atoms with Crippen LogP contribution in [0.3, 0.4) is 0 Å². The van der Waals surface area contributed by atoms with E-state index in [1.54, 1.807) is 16.0 Å². The molecular weight excluding hydrogens is 392 g/mol. The highest BCUT2D eigenvalue weighted by Crippen LogP contribution is 2.31. The standard InChI is InChI=1S/C19H18N6OS2/c1-12(11-25-16-9-5-3-7-14(16)22-24-25)21-23-18(26)13(2)27-19-20-15-8-4-6-10-17(15)28-19/h3-10,13H,11H2,1-2H3,(H,23,26). The Morgan fingerprint density at radius 2 is 1.96 bits per heavy atom. The predicted molar refractivity (Wildman–Crippen MR) is 114 cm³/mol. The van der Waals surface area contributed by atoms with E-state index in [2.05, 4.69) is 25.8 Å². The van der Waals surface area contributed by atoms with Gasteiger partial charge in [-0.25, -0.2) is 15.1 Å². The zero-order chi connectivity index (χ0) is 19.5. The zero-order valence-electron chi connectivity index (χ0n) is 15.4. The molecule has 1 N–H and O–H groups in total. The third-order valence-electron chi connectivity index (χ3n) is 4.08. The van der Waals surface area contributed by atoms with Gasteiger partial charge in [-0.2, -0.15) is 5.10 Å². The quantitative estimate of drug-likeness (QED) is 0.297. The Balaban J connectivity index is 1.36. The molecule has 2 aromatic carbocycles. The molecule has 1 unspecified atom stereocenters. The van der Waals surface area contributed by atoms with Crippen molar-refractivity contribution in [2.75, 3.05) is 0 Å². The molecule has 0 spiro atoms. The number of hydrazone groups is 1. The number of para-hydroxylation sites is 2. The lowest BCUT2D eigenvalue weighted by molar-refractivity contribution is -0.120. The summed E-state index contributed by atoms with van der Waals surface area (Å²) in [6.45, 7) is 4.16. The second-order valence-electron chi connectivity index (χ2n) is 6.27. The first-order valence-electron chi connectivity index (χ1n) is 8.73. The van der Waals surface area contributed by atoms with Crippen molar-refractivity contribution in [3.63, 3.8) is 0 Å². The highest BCUT2D eigenvalue weighted by Gasteiger charge is 2.16. The van der Waals surface area contributed by atoms with Crippen molar-refractivity contribution in [2.45, 2.75) is 30.0 Å². The van der Waals surface area contributed by atoms with Crippen molar-refractivity contribution in [3.05, 3.63) is 48.5 Å². The van der Waals surface area contributed by atoms with E-state index in [-0.39, 0.29) is 11.2 Å². The Labute approximate surface area is 169 Å². The van der Waals surface area contributed by atoms with Crippen LogP contribution in [0.25, 0.3) is 21.3 Å². The van der Waals surface area contributed by atoms with Gasteiger partial charge < -0.3 is 0 Å². The summed E-state index contributed by atoms with van der Waals surface area (Å²) < 4.78 is 3.75. The number of thiazole rings is 1. The van der Waals surface area contributed by atoms with Crippen LogP contribution < -0.4 is 5.43 Å². The molecule has 0 saturated heterocycles. The molecule has 0 aliphatic carbocycles. The summed E-state index contributed by atoms with van der Waals surface area (Å²) in [5.41, 5.74) is 6.10. The number of nitrogens with one attached hydrogen (secondary N) is 1. The summed E-state index contributed by atoms with van der Waals surface area (Å²) in [7, 11) is 0. The lowest BCUT2D eigenvalue weighted by atomic mass is 10.3. The Kier molecular flexibility index (Phi) is 5.36. The lowest BCUT2D eigenvalue weighted by Crippen LogP contribution is -2.28. The first kappa shape index (κ1) is 18.6. The Morgan fingerprint density at radius 1 is 1.21 bits per heavy atom. The molecule has 7 nitrogen and oxygen atoms in total. The number of rotatable bonds is 6. The second-order valence-corrected chi connectivity index (χ2v) is 8.89. The van der Waals surface area contributed by atoms with E-state index in [0.717, 1.165) is 31.3 Å². The molecule has 0 aliphatic heterocycles. The third-order valence-corrected chi connectivity index (χ3v) is 6.31. The number of nitrogens with zero attached hydrogens (tertiary/aromatic N) is 5. The lowest BCUT2D eigenvalue weighted by Gasteiger charge is -2.08. The van der Waals surface area contributed by atoms with Crippen LogP contribution in [-0.2, 0) is 11.3 Å². The van der Waals surface area contributed by atoms with E-state index in [4.69, 9.17) is 0 Å². The fraction of sp³-hybridized carbons (Fsp3) is 0.211. The van der Waals surface area contributed by atoms with E-state index < -0.39 is 0 Å². The first-order chi connectivity index (χ1) is 13.6. The van der Waals surface area contributed by atoms with Gasteiger partial charge in [0, 0.05) is 0 Å². The topological polar surface area (TPSA) is 85.1 Å². The summed E-state index contributed by atoms with van der Waals surface area (Å²) in [4.78, 5) is 16.9. The Bertz CT molecular complexity index is 1130. The average molecular weight is 411 g/mol. The number of fused-ring (bicyclic) bond motifs is 2. The van der Waals surface area contributed by atoms with E-state index in [0.29, 0.717) is 6.54 Å². The molecule has 0 radical (unpaired) electrons. The summed E-state index contributed by atoms with van der Waals surface area (Å²) in [6, 6.07) is 15.7. The van der Waals surface area contributed by atoms with Crippen LogP contribution >= 0.6 is 23.1 Å². The highest BCUT2D eigenvalue weighted by atomic mass is 32.2. The van der Waals surface area contributed by atoms with Gasteiger partial charge in [0.05, 0.1) is 33.2 Å². The summed E-state index contributed by atoms with van der Waals surface area (Å²) in [6.07, 6.45) is 0. The Morgan fingerprint density at radius 3 is 2.79 bits per heavy atom. The molecule has 0 fully saturated rings. The second kappa shape index (κ2) is 8.07. The Hall–Kier alpha value is -2.78. The zero-order valence-corrected chi connectivity index (χ0v) is 17.0. The largest absolute Gasteiger partial charge is 0.272 e. The number of hydrogen-bond donors (Lipinski definition) is 1. The number of benzene rings is 2. The van der Waals surface area contributed by atoms with Crippen LogP contribution in [0.5, 0.6) is 0 Å². The van der Waals surface area contributed by atoms with Crippen molar-refractivity contribution in [1.29, 1.82) is 0 Å². The molecular formula is C19H18N6OS2. The van der Waals surface area contributed by atoms with Gasteiger partial charge in [-0.1, -0.05) is 41.2 Å². The molecule has 2 heterocycles. The van der Waals surface area contributed by atoms with Crippen LogP contribution in [0.15, 0.2) is 58.0 Å². The minimum atomic E-state index is -0.302. The van der Waals surface area contributed by atoms with Crippen LogP contribution in [0.1, 0.15) is 13.8 Å². The van der Waals surface area contributed by atoms with Crippen molar-refractivity contribution in [3.8, 4) is 0 Å². The van der Waals surface area contributed by atoms with Gasteiger partial charge in [-0.15, -0.1) is 16.4 Å². The molecule has 9 heteroatoms. The van der Waals surface area contributed by atoms with Gasteiger partial charge in [-0.3, -0.25) is 4.79 Å². The molecule has 28 heavy (non-hydrogen) atoms. The number of carbonyl (C=O) groups excluding carboxylic acids is 1. The number of thioether (sulfide) groups is 1. The summed E-state index contributed by atoms with van der Waals surface area (Å²) in [5.74, 6) is -0.160. The van der Waals surface area contributed by atoms with Gasteiger partial charge in [0.25, 0.3) is 5.91 Å². The maximum absolute atomic E-state index is 12.4. The molecule has 0 saturated carbocycles. The molecule has 1 atom stereocenters. The minimum absolute atomic E-state index is 0.160. The molecule has 142 valence electrons. The smallest absolute Gasteiger partial charge is 0.253 e. The maximum atomic E-state index is 12.4. The SMILES string of the molecule is CC(Cn1nnc2ccccc21)=NNC(=O)C(C)Sc1nc2ccccc2s1. The van der Waals surface area contributed by atoms with E-state index in [1.165, 1.54) is 11.8 Å². The number of amides is 1. The van der Waals surface area contributed by atoms with Gasteiger partial charge in [0.1, 0.15) is 5.52 Å². The normalized spacial score (nSPS) is 13.1. The van der Waals surface area contributed by atoms with Crippen LogP contribution in [0, 0.1) is 0 Å².